The molecule has 0 aliphatic carbocycles. The van der Waals surface area contributed by atoms with Crippen LogP contribution in [0.1, 0.15) is 0 Å². The molecular formula is C21H15Cl2NO2. The molecule has 0 saturated heterocycles. The third-order valence-corrected chi connectivity index (χ3v) is 4.63. The number of nitrogens with one attached hydrogen (secondary N) is 1. The lowest BCUT2D eigenvalue weighted by Gasteiger charge is -2.09. The van der Waals surface area contributed by atoms with E-state index in [2.05, 4.69) is 4.98 Å². The smallest absolute Gasteiger partial charge is 0.160 e. The summed E-state index contributed by atoms with van der Waals surface area (Å²) >= 11 is 12.0. The monoisotopic (exact) mass is 383 g/mol. The Bertz CT molecular complexity index is 1050. The van der Waals surface area contributed by atoms with Crippen LogP contribution in [-0.2, 0) is 0 Å². The molecule has 0 unspecified atom stereocenters. The van der Waals surface area contributed by atoms with Crippen molar-refractivity contribution in [3.8, 4) is 28.5 Å². The molecule has 0 radical (unpaired) electrons. The fraction of sp³-hybridized carbons (Fsp3) is 0.0476. The summed E-state index contributed by atoms with van der Waals surface area (Å²) in [7, 11) is 1.65. The number of aromatic amines is 1. The second-order valence-corrected chi connectivity index (χ2v) is 6.68. The minimum Gasteiger partial charge on any atom is -0.497 e. The van der Waals surface area contributed by atoms with Crippen LogP contribution >= 0.6 is 23.2 Å². The largest absolute Gasteiger partial charge is 0.497 e. The molecule has 0 aliphatic heterocycles. The maximum absolute atomic E-state index is 6.22. The Morgan fingerprint density at radius 1 is 0.769 bits per heavy atom. The highest BCUT2D eigenvalue weighted by molar-refractivity contribution is 6.30. The zero-order valence-corrected chi connectivity index (χ0v) is 15.4. The van der Waals surface area contributed by atoms with Gasteiger partial charge in [-0.2, -0.15) is 0 Å². The number of H-pyrrole nitrogens is 1. The average molecular weight is 384 g/mol. The molecule has 26 heavy (non-hydrogen) atoms. The predicted molar refractivity (Wildman–Crippen MR) is 107 cm³/mol. The molecule has 0 saturated carbocycles. The molecule has 0 amide bonds. The van der Waals surface area contributed by atoms with Crippen LogP contribution in [0.4, 0.5) is 0 Å². The van der Waals surface area contributed by atoms with E-state index in [1.165, 1.54) is 0 Å². The molecule has 3 nitrogen and oxygen atoms in total. The first-order valence-electron chi connectivity index (χ1n) is 8.03. The Kier molecular flexibility index (Phi) is 4.49. The van der Waals surface area contributed by atoms with Crippen LogP contribution in [0.25, 0.3) is 22.2 Å². The van der Waals surface area contributed by atoms with Crippen LogP contribution in [0.2, 0.25) is 10.0 Å². The van der Waals surface area contributed by atoms with Gasteiger partial charge < -0.3 is 14.5 Å². The highest BCUT2D eigenvalue weighted by atomic mass is 35.5. The zero-order valence-electron chi connectivity index (χ0n) is 13.9. The molecule has 4 aromatic rings. The Morgan fingerprint density at radius 3 is 2.04 bits per heavy atom. The normalized spacial score (nSPS) is 10.9. The highest BCUT2D eigenvalue weighted by Crippen LogP contribution is 2.41. The molecule has 0 fully saturated rings. The van der Waals surface area contributed by atoms with Gasteiger partial charge >= 0.3 is 0 Å². The first-order valence-corrected chi connectivity index (χ1v) is 8.79. The summed E-state index contributed by atoms with van der Waals surface area (Å²) in [5.74, 6) is 2.19. The average Bonchev–Trinajstić information content (AvgIpc) is 3.02. The molecule has 1 N–H and O–H groups in total. The van der Waals surface area contributed by atoms with Crippen molar-refractivity contribution >= 4 is 34.1 Å². The summed E-state index contributed by atoms with van der Waals surface area (Å²) < 4.78 is 11.6. The van der Waals surface area contributed by atoms with E-state index in [-0.39, 0.29) is 0 Å². The Morgan fingerprint density at radius 2 is 1.38 bits per heavy atom. The van der Waals surface area contributed by atoms with Crippen LogP contribution in [-0.4, -0.2) is 12.1 Å². The van der Waals surface area contributed by atoms with Crippen LogP contribution in [0.5, 0.6) is 17.2 Å². The van der Waals surface area contributed by atoms with E-state index < -0.39 is 0 Å². The molecule has 1 aromatic heterocycles. The second-order valence-electron chi connectivity index (χ2n) is 5.80. The fourth-order valence-corrected chi connectivity index (χ4v) is 3.07. The highest BCUT2D eigenvalue weighted by Gasteiger charge is 2.16. The number of hydrogen-bond acceptors (Lipinski definition) is 2. The Labute approximate surface area is 161 Å². The van der Waals surface area contributed by atoms with Crippen molar-refractivity contribution in [1.82, 2.24) is 4.98 Å². The van der Waals surface area contributed by atoms with E-state index in [0.717, 1.165) is 33.7 Å². The van der Waals surface area contributed by atoms with Gasteiger partial charge in [0.1, 0.15) is 11.5 Å². The molecule has 130 valence electrons. The van der Waals surface area contributed by atoms with Crippen LogP contribution in [0.15, 0.2) is 66.7 Å². The van der Waals surface area contributed by atoms with Crippen molar-refractivity contribution in [3.63, 3.8) is 0 Å². The van der Waals surface area contributed by atoms with Gasteiger partial charge in [-0.15, -0.1) is 0 Å². The maximum atomic E-state index is 6.22. The zero-order chi connectivity index (χ0) is 18.1. The number of benzene rings is 3. The van der Waals surface area contributed by atoms with Crippen molar-refractivity contribution in [1.29, 1.82) is 0 Å². The maximum Gasteiger partial charge on any atom is 0.160 e. The van der Waals surface area contributed by atoms with Gasteiger partial charge in [0.15, 0.2) is 5.75 Å². The molecule has 1 heterocycles. The number of aromatic nitrogens is 1. The third-order valence-electron chi connectivity index (χ3n) is 4.12. The quantitative estimate of drug-likeness (QED) is 0.413. The predicted octanol–water partition coefficient (Wildman–Crippen LogP) is 6.94. The Hall–Kier alpha value is -2.62. The molecule has 0 spiro atoms. The number of fused-ring (bicyclic) bond motifs is 1. The first kappa shape index (κ1) is 16.8. The molecule has 0 aliphatic rings. The summed E-state index contributed by atoms with van der Waals surface area (Å²) in [5, 5.41) is 2.28. The van der Waals surface area contributed by atoms with Gasteiger partial charge in [-0.05, 0) is 54.6 Å². The summed E-state index contributed by atoms with van der Waals surface area (Å²) in [6.07, 6.45) is 0. The fourth-order valence-electron chi connectivity index (χ4n) is 2.82. The van der Waals surface area contributed by atoms with Gasteiger partial charge in [-0.3, -0.25) is 0 Å². The lowest BCUT2D eigenvalue weighted by molar-refractivity contribution is 0.415. The third kappa shape index (κ3) is 3.24. The molecule has 5 heteroatoms. The molecule has 4 rings (SSSR count). The number of rotatable bonds is 4. The van der Waals surface area contributed by atoms with E-state index in [9.17, 15) is 0 Å². The standard InChI is InChI=1S/C21H15Cl2NO2/c1-25-17-10-11-19-18(12-17)21(26-16-8-6-15(23)7-9-16)20(24-19)13-2-4-14(22)5-3-13/h2-12,24H,1H3. The van der Waals surface area contributed by atoms with Crippen molar-refractivity contribution < 1.29 is 9.47 Å². The SMILES string of the molecule is COc1ccc2[nH]c(-c3ccc(Cl)cc3)c(Oc3ccc(Cl)cc3)c2c1. The number of hydrogen-bond donors (Lipinski definition) is 1. The number of methoxy groups -OCH3 is 1. The molecular weight excluding hydrogens is 369 g/mol. The van der Waals surface area contributed by atoms with Gasteiger partial charge in [-0.25, -0.2) is 0 Å². The van der Waals surface area contributed by atoms with Crippen molar-refractivity contribution in [3.05, 3.63) is 76.8 Å². The number of ether oxygens (including phenoxy) is 2. The number of halogens is 2. The molecule has 3 aromatic carbocycles. The minimum atomic E-state index is 0.663. The molecule has 0 atom stereocenters. The molecule has 0 bridgehead atoms. The van der Waals surface area contributed by atoms with Gasteiger partial charge in [0, 0.05) is 26.5 Å². The summed E-state index contributed by atoms with van der Waals surface area (Å²) in [5.41, 5.74) is 2.81. The first-order chi connectivity index (χ1) is 12.6. The van der Waals surface area contributed by atoms with Crippen LogP contribution in [0.3, 0.4) is 0 Å². The van der Waals surface area contributed by atoms with E-state index in [0.29, 0.717) is 15.8 Å². The van der Waals surface area contributed by atoms with E-state index in [4.69, 9.17) is 32.7 Å². The topological polar surface area (TPSA) is 34.2 Å². The summed E-state index contributed by atoms with van der Waals surface area (Å²) in [6.45, 7) is 0. The van der Waals surface area contributed by atoms with E-state index in [1.807, 2.05) is 54.6 Å². The minimum absolute atomic E-state index is 0.663. The second kappa shape index (κ2) is 6.94. The van der Waals surface area contributed by atoms with E-state index in [1.54, 1.807) is 19.2 Å². The van der Waals surface area contributed by atoms with Gasteiger partial charge in [-0.1, -0.05) is 35.3 Å². The van der Waals surface area contributed by atoms with Crippen LogP contribution < -0.4 is 9.47 Å². The van der Waals surface area contributed by atoms with E-state index >= 15 is 0 Å². The Balaban J connectivity index is 1.89. The summed E-state index contributed by atoms with van der Waals surface area (Å²) in [4.78, 5) is 3.43. The lowest BCUT2D eigenvalue weighted by Crippen LogP contribution is -1.87. The van der Waals surface area contributed by atoms with Crippen molar-refractivity contribution in [2.24, 2.45) is 0 Å². The van der Waals surface area contributed by atoms with Gasteiger partial charge in [0.25, 0.3) is 0 Å². The lowest BCUT2D eigenvalue weighted by atomic mass is 10.1. The van der Waals surface area contributed by atoms with Gasteiger partial charge in [0.2, 0.25) is 0 Å². The van der Waals surface area contributed by atoms with Crippen molar-refractivity contribution in [2.45, 2.75) is 0 Å². The van der Waals surface area contributed by atoms with Gasteiger partial charge in [0.05, 0.1) is 12.8 Å². The van der Waals surface area contributed by atoms with Crippen LogP contribution in [0, 0.1) is 0 Å². The summed E-state index contributed by atoms with van der Waals surface area (Å²) in [6, 6.07) is 20.7. The van der Waals surface area contributed by atoms with Crippen molar-refractivity contribution in [2.75, 3.05) is 7.11 Å².